The Hall–Kier alpha value is -4.32. The first kappa shape index (κ1) is 21.2. The lowest BCUT2D eigenvalue weighted by molar-refractivity contribution is -0.116. The zero-order chi connectivity index (χ0) is 23.9. The number of hydrogen-bond donors (Lipinski definition) is 2. The molecule has 6 rings (SSSR count). The molecule has 35 heavy (non-hydrogen) atoms. The van der Waals surface area contributed by atoms with E-state index in [2.05, 4.69) is 10.6 Å². The number of benzene rings is 3. The van der Waals surface area contributed by atoms with Gasteiger partial charge in [0.05, 0.1) is 35.5 Å². The quantitative estimate of drug-likeness (QED) is 0.400. The highest BCUT2D eigenvalue weighted by Gasteiger charge is 2.37. The molecule has 0 spiro atoms. The van der Waals surface area contributed by atoms with Crippen molar-refractivity contribution in [1.82, 2.24) is 0 Å². The molecule has 0 fully saturated rings. The minimum absolute atomic E-state index is 0.0115. The number of fused-ring (bicyclic) bond motifs is 2. The largest absolute Gasteiger partial charge is 0.497 e. The van der Waals surface area contributed by atoms with Crippen LogP contribution in [0.2, 0.25) is 0 Å². The van der Waals surface area contributed by atoms with Gasteiger partial charge >= 0.3 is 0 Å². The Morgan fingerprint density at radius 1 is 0.886 bits per heavy atom. The van der Waals surface area contributed by atoms with Crippen molar-refractivity contribution in [3.05, 3.63) is 112 Å². The molecule has 2 atom stereocenters. The van der Waals surface area contributed by atoms with Gasteiger partial charge in [-0.3, -0.25) is 9.59 Å². The molecule has 0 saturated carbocycles. The average Bonchev–Trinajstić information content (AvgIpc) is 3.06. The van der Waals surface area contributed by atoms with Crippen molar-refractivity contribution in [2.45, 2.75) is 24.8 Å². The number of carbonyl (C=O) groups excluding carboxylic acids is 1. The molecule has 0 saturated heterocycles. The van der Waals surface area contributed by atoms with Gasteiger partial charge in [-0.1, -0.05) is 36.4 Å². The Bertz CT molecular complexity index is 1530. The van der Waals surface area contributed by atoms with Crippen molar-refractivity contribution in [2.24, 2.45) is 0 Å². The topological polar surface area (TPSA) is 80.6 Å². The summed E-state index contributed by atoms with van der Waals surface area (Å²) in [5.74, 6) is 0.820. The number of anilines is 2. The Morgan fingerprint density at radius 3 is 2.43 bits per heavy atom. The van der Waals surface area contributed by atoms with E-state index >= 15 is 0 Å². The SMILES string of the molecule is COc1ccc([C@H]2CC(=O)C3=C(C2)Nc2ccccc2N[C@H]3c2coc3ccccc3c2=O)cc1. The number of Topliss-reactive ketones (excluding diaryl/α,β-unsaturated/α-hetero) is 1. The second-order valence-corrected chi connectivity index (χ2v) is 8.96. The summed E-state index contributed by atoms with van der Waals surface area (Å²) in [6.07, 6.45) is 2.50. The molecule has 6 nitrogen and oxygen atoms in total. The van der Waals surface area contributed by atoms with E-state index in [0.29, 0.717) is 34.9 Å². The second-order valence-electron chi connectivity index (χ2n) is 8.96. The first-order valence-corrected chi connectivity index (χ1v) is 11.7. The van der Waals surface area contributed by atoms with Gasteiger partial charge in [0.15, 0.2) is 11.2 Å². The van der Waals surface area contributed by atoms with E-state index in [1.54, 1.807) is 19.2 Å². The summed E-state index contributed by atoms with van der Waals surface area (Å²) in [6.45, 7) is 0. The van der Waals surface area contributed by atoms with Crippen molar-refractivity contribution in [2.75, 3.05) is 17.7 Å². The van der Waals surface area contributed by atoms with Gasteiger partial charge in [0.1, 0.15) is 17.6 Å². The van der Waals surface area contributed by atoms with E-state index in [4.69, 9.17) is 9.15 Å². The van der Waals surface area contributed by atoms with Crippen LogP contribution in [-0.2, 0) is 4.79 Å². The lowest BCUT2D eigenvalue weighted by Crippen LogP contribution is -2.29. The van der Waals surface area contributed by atoms with Gasteiger partial charge in [-0.15, -0.1) is 0 Å². The fourth-order valence-corrected chi connectivity index (χ4v) is 5.13. The van der Waals surface area contributed by atoms with Crippen LogP contribution >= 0.6 is 0 Å². The molecule has 0 radical (unpaired) electrons. The van der Waals surface area contributed by atoms with E-state index in [-0.39, 0.29) is 17.1 Å². The predicted molar refractivity (Wildman–Crippen MR) is 136 cm³/mol. The third-order valence-electron chi connectivity index (χ3n) is 6.91. The molecule has 2 heterocycles. The summed E-state index contributed by atoms with van der Waals surface area (Å²) in [5, 5.41) is 7.47. The molecule has 0 unspecified atom stereocenters. The summed E-state index contributed by atoms with van der Waals surface area (Å²) in [7, 11) is 1.64. The molecule has 6 heteroatoms. The van der Waals surface area contributed by atoms with E-state index < -0.39 is 6.04 Å². The van der Waals surface area contributed by atoms with E-state index in [1.165, 1.54) is 6.26 Å². The minimum Gasteiger partial charge on any atom is -0.497 e. The first-order chi connectivity index (χ1) is 17.1. The standard InChI is InChI=1S/C29H24N2O4/c1-34-19-12-10-17(11-13-19)18-14-24-27(25(32)15-18)28(31-23-8-4-3-7-22(23)30-24)21-16-35-26-9-5-2-6-20(26)29(21)33/h2-13,16,18,28,30-31H,14-15H2,1H3/t18-,28+/m1/s1. The second kappa shape index (κ2) is 8.47. The van der Waals surface area contributed by atoms with Crippen molar-refractivity contribution >= 4 is 28.1 Å². The van der Waals surface area contributed by atoms with Gasteiger partial charge < -0.3 is 19.8 Å². The molecular weight excluding hydrogens is 440 g/mol. The first-order valence-electron chi connectivity index (χ1n) is 11.7. The summed E-state index contributed by atoms with van der Waals surface area (Å²) in [5.41, 5.74) is 5.01. The number of rotatable bonds is 3. The van der Waals surface area contributed by atoms with Crippen LogP contribution in [0.4, 0.5) is 11.4 Å². The number of methoxy groups -OCH3 is 1. The number of carbonyl (C=O) groups is 1. The molecule has 0 bridgehead atoms. The highest BCUT2D eigenvalue weighted by Crippen LogP contribution is 2.44. The predicted octanol–water partition coefficient (Wildman–Crippen LogP) is 5.78. The zero-order valence-electron chi connectivity index (χ0n) is 19.2. The van der Waals surface area contributed by atoms with Gasteiger partial charge in [-0.2, -0.15) is 0 Å². The molecule has 174 valence electrons. The summed E-state index contributed by atoms with van der Waals surface area (Å²) >= 11 is 0. The fourth-order valence-electron chi connectivity index (χ4n) is 5.13. The van der Waals surface area contributed by atoms with Crippen LogP contribution in [0.3, 0.4) is 0 Å². The van der Waals surface area contributed by atoms with E-state index in [9.17, 15) is 9.59 Å². The molecule has 1 aliphatic heterocycles. The average molecular weight is 465 g/mol. The van der Waals surface area contributed by atoms with Crippen molar-refractivity contribution in [1.29, 1.82) is 0 Å². The monoisotopic (exact) mass is 464 g/mol. The highest BCUT2D eigenvalue weighted by atomic mass is 16.5. The van der Waals surface area contributed by atoms with E-state index in [1.807, 2.05) is 60.7 Å². The summed E-state index contributed by atoms with van der Waals surface area (Å²) < 4.78 is 11.1. The molecule has 1 aromatic heterocycles. The van der Waals surface area contributed by atoms with E-state index in [0.717, 1.165) is 28.4 Å². The molecule has 4 aromatic rings. The molecule has 2 N–H and O–H groups in total. The Labute approximate surface area is 202 Å². The summed E-state index contributed by atoms with van der Waals surface area (Å²) in [4.78, 5) is 27.2. The van der Waals surface area contributed by atoms with Crippen molar-refractivity contribution in [3.63, 3.8) is 0 Å². The highest BCUT2D eigenvalue weighted by molar-refractivity contribution is 6.01. The number of hydrogen-bond acceptors (Lipinski definition) is 6. The number of nitrogens with one attached hydrogen (secondary N) is 2. The van der Waals surface area contributed by atoms with Crippen molar-refractivity contribution < 1.29 is 13.9 Å². The van der Waals surface area contributed by atoms with Crippen LogP contribution < -0.4 is 20.8 Å². The van der Waals surface area contributed by atoms with Crippen LogP contribution in [0.1, 0.15) is 35.9 Å². The molecule has 2 aliphatic rings. The Kier molecular flexibility index (Phi) is 5.14. The third-order valence-corrected chi connectivity index (χ3v) is 6.91. The van der Waals surface area contributed by atoms with Crippen LogP contribution in [0.5, 0.6) is 5.75 Å². The Balaban J connectivity index is 1.48. The maximum absolute atomic E-state index is 13.7. The summed E-state index contributed by atoms with van der Waals surface area (Å²) in [6, 6.07) is 22.2. The molecular formula is C29H24N2O4. The number of ether oxygens (including phenoxy) is 1. The number of allylic oxidation sites excluding steroid dienone is 1. The lowest BCUT2D eigenvalue weighted by atomic mass is 9.78. The smallest absolute Gasteiger partial charge is 0.198 e. The zero-order valence-corrected chi connectivity index (χ0v) is 19.2. The maximum atomic E-state index is 13.7. The minimum atomic E-state index is -0.619. The normalized spacial score (nSPS) is 19.3. The third kappa shape index (κ3) is 3.67. The van der Waals surface area contributed by atoms with Gasteiger partial charge in [-0.05, 0) is 54.3 Å². The van der Waals surface area contributed by atoms with Crippen LogP contribution in [-0.4, -0.2) is 12.9 Å². The van der Waals surface area contributed by atoms with Gasteiger partial charge in [-0.25, -0.2) is 0 Å². The number of ketones is 1. The van der Waals surface area contributed by atoms with Gasteiger partial charge in [0, 0.05) is 17.7 Å². The fraction of sp³-hybridized carbons (Fsp3) is 0.172. The van der Waals surface area contributed by atoms with Crippen molar-refractivity contribution in [3.8, 4) is 5.75 Å². The van der Waals surface area contributed by atoms with Gasteiger partial charge in [0.25, 0.3) is 0 Å². The molecule has 1 aliphatic carbocycles. The van der Waals surface area contributed by atoms with Gasteiger partial charge in [0.2, 0.25) is 0 Å². The maximum Gasteiger partial charge on any atom is 0.198 e. The lowest BCUT2D eigenvalue weighted by Gasteiger charge is -2.29. The van der Waals surface area contributed by atoms with Crippen LogP contribution in [0.15, 0.2) is 99.5 Å². The molecule has 3 aromatic carbocycles. The van der Waals surface area contributed by atoms with Crippen LogP contribution in [0, 0.1) is 0 Å². The number of para-hydroxylation sites is 3. The molecule has 0 amide bonds. The Morgan fingerprint density at radius 2 is 1.63 bits per heavy atom. The van der Waals surface area contributed by atoms with Crippen LogP contribution in [0.25, 0.3) is 11.0 Å².